The van der Waals surface area contributed by atoms with Crippen LogP contribution in [0.3, 0.4) is 0 Å². The van der Waals surface area contributed by atoms with E-state index in [1.54, 1.807) is 0 Å². The molecule has 0 spiro atoms. The van der Waals surface area contributed by atoms with Gasteiger partial charge in [0.15, 0.2) is 0 Å². The summed E-state index contributed by atoms with van der Waals surface area (Å²) in [5.41, 5.74) is 0. The fourth-order valence-electron chi connectivity index (χ4n) is 0.284. The lowest BCUT2D eigenvalue weighted by Crippen LogP contribution is -1.93. The van der Waals surface area contributed by atoms with Crippen LogP contribution < -0.4 is 0 Å². The minimum absolute atomic E-state index is 0.596. The zero-order valence-corrected chi connectivity index (χ0v) is 5.18. The largest absolute Gasteiger partial charge is 0.497 e. The predicted octanol–water partition coefficient (Wildman–Crippen LogP) is 1.24. The van der Waals surface area contributed by atoms with Gasteiger partial charge in [-0.15, -0.1) is 0 Å². The Hall–Kier alpha value is -0.790. The second-order valence-corrected chi connectivity index (χ2v) is 1.50. The van der Waals surface area contributed by atoms with E-state index in [0.29, 0.717) is 13.2 Å². The Morgan fingerprint density at radius 2 is 2.38 bits per heavy atom. The molecule has 8 heavy (non-hydrogen) atoms. The summed E-state index contributed by atoms with van der Waals surface area (Å²) >= 11 is 0. The molecule has 0 aromatic rings. The van der Waals surface area contributed by atoms with Crippen molar-refractivity contribution in [2.75, 3.05) is 13.2 Å². The number of hydrogen-bond acceptors (Lipinski definition) is 2. The molecule has 0 aliphatic heterocycles. The Morgan fingerprint density at radius 3 is 2.75 bits per heavy atom. The van der Waals surface area contributed by atoms with E-state index in [1.807, 2.05) is 6.92 Å². The molecule has 0 rings (SSSR count). The third kappa shape index (κ3) is 5.21. The van der Waals surface area contributed by atoms with Gasteiger partial charge in [0.25, 0.3) is 0 Å². The number of aliphatic imine (C=N–C) groups is 1. The van der Waals surface area contributed by atoms with Crippen molar-refractivity contribution in [2.24, 2.45) is 4.99 Å². The first kappa shape index (κ1) is 7.21. The van der Waals surface area contributed by atoms with Gasteiger partial charge in [-0.05, 0) is 13.6 Å². The van der Waals surface area contributed by atoms with Crippen molar-refractivity contribution in [3.63, 3.8) is 0 Å². The van der Waals surface area contributed by atoms with Gasteiger partial charge in [0, 0.05) is 0 Å². The Morgan fingerprint density at radius 1 is 1.75 bits per heavy atom. The Labute approximate surface area is 49.9 Å². The lowest BCUT2D eigenvalue weighted by Gasteiger charge is -1.99. The average molecular weight is 113 g/mol. The van der Waals surface area contributed by atoms with E-state index < -0.39 is 0 Å². The molecule has 0 aliphatic carbocycles. The van der Waals surface area contributed by atoms with Gasteiger partial charge < -0.3 is 4.74 Å². The lowest BCUT2D eigenvalue weighted by atomic mass is 10.6. The molecule has 2 heteroatoms. The molecule has 0 aromatic heterocycles. The molecule has 0 fully saturated rings. The maximum atomic E-state index is 4.95. The van der Waals surface area contributed by atoms with E-state index >= 15 is 0 Å². The highest BCUT2D eigenvalue weighted by molar-refractivity contribution is 5.23. The van der Waals surface area contributed by atoms with Crippen LogP contribution in [0.5, 0.6) is 0 Å². The van der Waals surface area contributed by atoms with Crippen LogP contribution in [0.15, 0.2) is 17.3 Å². The van der Waals surface area contributed by atoms with Gasteiger partial charge in [0.05, 0.1) is 12.3 Å². The van der Waals surface area contributed by atoms with Crippen molar-refractivity contribution in [1.82, 2.24) is 0 Å². The van der Waals surface area contributed by atoms with Crippen LogP contribution in [-0.4, -0.2) is 19.9 Å². The van der Waals surface area contributed by atoms with E-state index in [0.717, 1.165) is 5.76 Å². The highest BCUT2D eigenvalue weighted by Crippen LogP contribution is 1.87. The average Bonchev–Trinajstić information content (AvgIpc) is 1.66. The summed E-state index contributed by atoms with van der Waals surface area (Å²) < 4.78 is 4.95. The van der Waals surface area contributed by atoms with Crippen LogP contribution in [-0.2, 0) is 4.74 Å². The topological polar surface area (TPSA) is 21.6 Å². The zero-order chi connectivity index (χ0) is 6.41. The Bertz CT molecular complexity index is 88.5. The standard InChI is InChI=1S/C6H11NO/c1-6(2)8-5-4-7-3/h1,3-5H2,2H3. The van der Waals surface area contributed by atoms with Gasteiger partial charge in [-0.3, -0.25) is 4.99 Å². The van der Waals surface area contributed by atoms with E-state index in [-0.39, 0.29) is 0 Å². The maximum Gasteiger partial charge on any atom is 0.107 e. The molecule has 0 radical (unpaired) electrons. The summed E-state index contributed by atoms with van der Waals surface area (Å²) in [6.45, 7) is 9.89. The third-order valence-electron chi connectivity index (χ3n) is 0.598. The maximum absolute atomic E-state index is 4.95. The summed E-state index contributed by atoms with van der Waals surface area (Å²) in [5.74, 6) is 0.730. The molecular weight excluding hydrogens is 102 g/mol. The van der Waals surface area contributed by atoms with Crippen LogP contribution in [0.2, 0.25) is 0 Å². The number of rotatable bonds is 4. The van der Waals surface area contributed by atoms with Gasteiger partial charge in [0.2, 0.25) is 0 Å². The van der Waals surface area contributed by atoms with Gasteiger partial charge >= 0.3 is 0 Å². The van der Waals surface area contributed by atoms with Crippen molar-refractivity contribution < 1.29 is 4.74 Å². The fourth-order valence-corrected chi connectivity index (χ4v) is 0.284. The minimum atomic E-state index is 0.596. The monoisotopic (exact) mass is 113 g/mol. The molecule has 2 nitrogen and oxygen atoms in total. The van der Waals surface area contributed by atoms with Crippen LogP contribution >= 0.6 is 0 Å². The molecule has 0 bridgehead atoms. The van der Waals surface area contributed by atoms with Crippen molar-refractivity contribution in [1.29, 1.82) is 0 Å². The van der Waals surface area contributed by atoms with Crippen LogP contribution in [0, 0.1) is 0 Å². The van der Waals surface area contributed by atoms with E-state index in [1.165, 1.54) is 0 Å². The zero-order valence-electron chi connectivity index (χ0n) is 5.18. The number of ether oxygens (including phenoxy) is 1. The first-order chi connectivity index (χ1) is 3.77. The second kappa shape index (κ2) is 4.37. The summed E-state index contributed by atoms with van der Waals surface area (Å²) in [6, 6.07) is 0. The quantitative estimate of drug-likeness (QED) is 0.305. The van der Waals surface area contributed by atoms with Gasteiger partial charge in [-0.1, -0.05) is 6.58 Å². The molecule has 0 N–H and O–H groups in total. The second-order valence-electron chi connectivity index (χ2n) is 1.50. The molecular formula is C6H11NO. The molecule has 0 amide bonds. The molecule has 0 aromatic carbocycles. The molecule has 0 saturated heterocycles. The van der Waals surface area contributed by atoms with Gasteiger partial charge in [-0.2, -0.15) is 0 Å². The first-order valence-corrected chi connectivity index (χ1v) is 2.48. The first-order valence-electron chi connectivity index (χ1n) is 2.48. The number of allylic oxidation sites excluding steroid dienone is 1. The van der Waals surface area contributed by atoms with Crippen LogP contribution in [0.4, 0.5) is 0 Å². The molecule has 0 atom stereocenters. The summed E-state index contributed by atoms with van der Waals surface area (Å²) in [6.07, 6.45) is 0. The van der Waals surface area contributed by atoms with Gasteiger partial charge in [-0.25, -0.2) is 0 Å². The summed E-state index contributed by atoms with van der Waals surface area (Å²) in [7, 11) is 0. The van der Waals surface area contributed by atoms with Crippen LogP contribution in [0.1, 0.15) is 6.92 Å². The fraction of sp³-hybridized carbons (Fsp3) is 0.500. The van der Waals surface area contributed by atoms with E-state index in [2.05, 4.69) is 18.3 Å². The third-order valence-corrected chi connectivity index (χ3v) is 0.598. The summed E-state index contributed by atoms with van der Waals surface area (Å²) in [5, 5.41) is 0. The summed E-state index contributed by atoms with van der Waals surface area (Å²) in [4.78, 5) is 3.59. The van der Waals surface area contributed by atoms with E-state index in [4.69, 9.17) is 4.74 Å². The van der Waals surface area contributed by atoms with Crippen LogP contribution in [0.25, 0.3) is 0 Å². The number of nitrogens with zero attached hydrogens (tertiary/aromatic N) is 1. The van der Waals surface area contributed by atoms with Gasteiger partial charge in [0.1, 0.15) is 6.61 Å². The lowest BCUT2D eigenvalue weighted by molar-refractivity contribution is 0.225. The molecule has 0 unspecified atom stereocenters. The van der Waals surface area contributed by atoms with Crippen molar-refractivity contribution in [3.8, 4) is 0 Å². The Balaban J connectivity index is 2.93. The minimum Gasteiger partial charge on any atom is -0.497 e. The highest BCUT2D eigenvalue weighted by atomic mass is 16.5. The normalized spacial score (nSPS) is 8.12. The SMILES string of the molecule is C=NCCOC(=C)C. The number of hydrogen-bond donors (Lipinski definition) is 0. The smallest absolute Gasteiger partial charge is 0.107 e. The van der Waals surface area contributed by atoms with E-state index in [9.17, 15) is 0 Å². The highest BCUT2D eigenvalue weighted by Gasteiger charge is 1.81. The van der Waals surface area contributed by atoms with Crippen molar-refractivity contribution in [3.05, 3.63) is 12.3 Å². The molecule has 46 valence electrons. The molecule has 0 aliphatic rings. The van der Waals surface area contributed by atoms with Crippen molar-refractivity contribution in [2.45, 2.75) is 6.92 Å². The predicted molar refractivity (Wildman–Crippen MR) is 35.2 cm³/mol. The van der Waals surface area contributed by atoms with Crippen molar-refractivity contribution >= 4 is 6.72 Å². The molecule has 0 heterocycles. The Kier molecular flexibility index (Phi) is 3.94. The molecule has 0 saturated carbocycles.